The highest BCUT2D eigenvalue weighted by Gasteiger charge is 2.42. The van der Waals surface area contributed by atoms with Crippen molar-refractivity contribution in [2.24, 2.45) is 0 Å². The molecule has 2 aliphatic rings. The van der Waals surface area contributed by atoms with Gasteiger partial charge in [0.2, 0.25) is 5.91 Å². The number of thiophene rings is 1. The van der Waals surface area contributed by atoms with E-state index in [1.807, 2.05) is 43.5 Å². The van der Waals surface area contributed by atoms with Gasteiger partial charge in [-0.2, -0.15) is 0 Å². The quantitative estimate of drug-likeness (QED) is 0.348. The van der Waals surface area contributed by atoms with Crippen LogP contribution in [0.2, 0.25) is 0 Å². The van der Waals surface area contributed by atoms with E-state index in [-0.39, 0.29) is 17.2 Å². The Kier molecular flexibility index (Phi) is 9.10. The second-order valence-electron chi connectivity index (χ2n) is 12.9. The van der Waals surface area contributed by atoms with Gasteiger partial charge in [0.15, 0.2) is 0 Å². The average Bonchev–Trinajstić information content (AvgIpc) is 3.40. The van der Waals surface area contributed by atoms with Gasteiger partial charge >= 0.3 is 6.03 Å². The molecule has 11 heteroatoms. The first kappa shape index (κ1) is 31.6. The lowest BCUT2D eigenvalue weighted by Crippen LogP contribution is -2.63. The molecule has 1 aromatic carbocycles. The zero-order valence-corrected chi connectivity index (χ0v) is 27.2. The fraction of sp³-hybridized carbons (Fsp3) is 0.455. The summed E-state index contributed by atoms with van der Waals surface area (Å²) in [6, 6.07) is 11.3. The van der Waals surface area contributed by atoms with Crippen molar-refractivity contribution in [3.8, 4) is 11.1 Å². The molecular formula is C33H42N6O4S. The molecule has 0 spiro atoms. The molecule has 234 valence electrons. The Bertz CT molecular complexity index is 1540. The van der Waals surface area contributed by atoms with Gasteiger partial charge in [0, 0.05) is 55.0 Å². The number of ether oxygens (including phenoxy) is 1. The highest BCUT2D eigenvalue weighted by molar-refractivity contribution is 7.14. The number of amides is 4. The molecule has 0 bridgehead atoms. The van der Waals surface area contributed by atoms with Crippen molar-refractivity contribution in [1.29, 1.82) is 0 Å². The number of rotatable bonds is 6. The lowest BCUT2D eigenvalue weighted by atomic mass is 9.94. The molecule has 2 aromatic heterocycles. The Balaban J connectivity index is 1.33. The molecule has 5 rings (SSSR count). The number of aromatic nitrogens is 1. The summed E-state index contributed by atoms with van der Waals surface area (Å²) in [6.07, 6.45) is 1.88. The molecular weight excluding hydrogens is 576 g/mol. The summed E-state index contributed by atoms with van der Waals surface area (Å²) in [5, 5.41) is 8.69. The molecule has 3 aromatic rings. The van der Waals surface area contributed by atoms with E-state index in [9.17, 15) is 14.4 Å². The molecule has 0 radical (unpaired) electrons. The molecule has 2 saturated heterocycles. The highest BCUT2D eigenvalue weighted by atomic mass is 32.1. The van der Waals surface area contributed by atoms with Gasteiger partial charge in [-0.15, -0.1) is 11.3 Å². The second kappa shape index (κ2) is 12.7. The number of anilines is 2. The second-order valence-corrected chi connectivity index (χ2v) is 14.0. The zero-order valence-electron chi connectivity index (χ0n) is 26.4. The first-order chi connectivity index (χ1) is 20.8. The Hall–Kier alpha value is -3.80. The predicted octanol–water partition coefficient (Wildman–Crippen LogP) is 5.24. The molecule has 0 aliphatic carbocycles. The van der Waals surface area contributed by atoms with Gasteiger partial charge in [0.25, 0.3) is 5.91 Å². The zero-order chi connectivity index (χ0) is 31.6. The van der Waals surface area contributed by atoms with Gasteiger partial charge in [0.05, 0.1) is 24.6 Å². The van der Waals surface area contributed by atoms with Gasteiger partial charge < -0.3 is 25.6 Å². The normalized spacial score (nSPS) is 17.2. The summed E-state index contributed by atoms with van der Waals surface area (Å²) < 4.78 is 5.44. The fourth-order valence-electron chi connectivity index (χ4n) is 5.35. The number of nitrogens with zero attached hydrogens (tertiary/aromatic N) is 3. The number of pyridine rings is 1. The lowest BCUT2D eigenvalue weighted by molar-refractivity contribution is -0.133. The smallest absolute Gasteiger partial charge is 0.323 e. The molecule has 0 atom stereocenters. The number of hydrogen-bond donors (Lipinski definition) is 3. The molecule has 4 heterocycles. The minimum atomic E-state index is -1.01. The largest absolute Gasteiger partial charge is 0.379 e. The minimum Gasteiger partial charge on any atom is -0.379 e. The van der Waals surface area contributed by atoms with Crippen LogP contribution in [0.1, 0.15) is 60.4 Å². The monoisotopic (exact) mass is 618 g/mol. The van der Waals surface area contributed by atoms with Crippen molar-refractivity contribution in [2.75, 3.05) is 50.0 Å². The van der Waals surface area contributed by atoms with E-state index in [1.54, 1.807) is 18.7 Å². The van der Waals surface area contributed by atoms with Gasteiger partial charge in [-0.05, 0) is 61.6 Å². The van der Waals surface area contributed by atoms with E-state index in [4.69, 9.17) is 9.72 Å². The number of carbonyl (C=O) groups is 3. The van der Waals surface area contributed by atoms with E-state index in [1.165, 1.54) is 11.3 Å². The summed E-state index contributed by atoms with van der Waals surface area (Å²) in [5.74, 6) is -0.475. The average molecular weight is 619 g/mol. The van der Waals surface area contributed by atoms with Crippen LogP contribution in [0, 0.1) is 6.92 Å². The summed E-state index contributed by atoms with van der Waals surface area (Å²) >= 11 is 1.35. The molecule has 4 amide bonds. The van der Waals surface area contributed by atoms with Gasteiger partial charge in [-0.1, -0.05) is 32.9 Å². The third-order valence-electron chi connectivity index (χ3n) is 8.13. The maximum absolute atomic E-state index is 13.8. The standard InChI is InChI=1S/C33H42N6O4S/c1-21-7-9-23(17-25(21)22-8-10-24(35-19-22)20-38-13-15-43-16-14-38)36-31(42)37-26-18-27(32(2,3)4)44-28(26)29(40)39-12-11-34-30(41)33(39,5)6/h7-10,17-19H,11-16,20H2,1-6H3,(H,34,41)(H2,36,37,42). The Morgan fingerprint density at radius 1 is 1.07 bits per heavy atom. The van der Waals surface area contributed by atoms with Crippen molar-refractivity contribution in [1.82, 2.24) is 20.1 Å². The van der Waals surface area contributed by atoms with Crippen LogP contribution in [-0.4, -0.2) is 77.6 Å². The van der Waals surface area contributed by atoms with Crippen LogP contribution >= 0.6 is 11.3 Å². The molecule has 0 unspecified atom stereocenters. The van der Waals surface area contributed by atoms with E-state index in [0.29, 0.717) is 29.3 Å². The van der Waals surface area contributed by atoms with Crippen LogP contribution in [0.3, 0.4) is 0 Å². The minimum absolute atomic E-state index is 0.200. The number of aryl methyl sites for hydroxylation is 1. The molecule has 2 aliphatic heterocycles. The first-order valence-electron chi connectivity index (χ1n) is 15.0. The number of piperazine rings is 1. The van der Waals surface area contributed by atoms with E-state index in [2.05, 4.69) is 47.7 Å². The fourth-order valence-corrected chi connectivity index (χ4v) is 6.47. The topological polar surface area (TPSA) is 116 Å². The van der Waals surface area contributed by atoms with Crippen LogP contribution in [0.25, 0.3) is 11.1 Å². The van der Waals surface area contributed by atoms with Gasteiger partial charge in [0.1, 0.15) is 10.4 Å². The number of nitrogens with one attached hydrogen (secondary N) is 3. The molecule has 0 saturated carbocycles. The molecule has 2 fully saturated rings. The van der Waals surface area contributed by atoms with E-state index in [0.717, 1.165) is 60.1 Å². The number of hydrogen-bond acceptors (Lipinski definition) is 7. The Morgan fingerprint density at radius 2 is 1.82 bits per heavy atom. The number of urea groups is 1. The maximum Gasteiger partial charge on any atom is 0.323 e. The van der Waals surface area contributed by atoms with Crippen LogP contribution in [0.5, 0.6) is 0 Å². The third kappa shape index (κ3) is 6.95. The summed E-state index contributed by atoms with van der Waals surface area (Å²) in [5.41, 5.74) is 3.81. The highest BCUT2D eigenvalue weighted by Crippen LogP contribution is 2.37. The number of carbonyl (C=O) groups excluding carboxylic acids is 3. The molecule has 10 nitrogen and oxygen atoms in total. The van der Waals surface area contributed by atoms with Crippen LogP contribution < -0.4 is 16.0 Å². The van der Waals surface area contributed by atoms with Gasteiger partial charge in [-0.3, -0.25) is 19.5 Å². The van der Waals surface area contributed by atoms with Crippen molar-refractivity contribution in [3.05, 3.63) is 63.6 Å². The van der Waals surface area contributed by atoms with Crippen molar-refractivity contribution >= 4 is 40.6 Å². The van der Waals surface area contributed by atoms with Crippen molar-refractivity contribution < 1.29 is 19.1 Å². The summed E-state index contributed by atoms with van der Waals surface area (Å²) in [4.78, 5) is 49.6. The van der Waals surface area contributed by atoms with Crippen molar-refractivity contribution in [3.63, 3.8) is 0 Å². The predicted molar refractivity (Wildman–Crippen MR) is 174 cm³/mol. The number of morpholine rings is 1. The summed E-state index contributed by atoms with van der Waals surface area (Å²) in [7, 11) is 0. The SMILES string of the molecule is Cc1ccc(NC(=O)Nc2cc(C(C)(C)C)sc2C(=O)N2CCNC(=O)C2(C)C)cc1-c1ccc(CN2CCOCC2)nc1. The first-order valence-corrected chi connectivity index (χ1v) is 15.8. The summed E-state index contributed by atoms with van der Waals surface area (Å²) in [6.45, 7) is 16.6. The molecule has 44 heavy (non-hydrogen) atoms. The van der Waals surface area contributed by atoms with Crippen molar-refractivity contribution in [2.45, 2.75) is 59.0 Å². The van der Waals surface area contributed by atoms with Gasteiger partial charge in [-0.25, -0.2) is 4.79 Å². The lowest BCUT2D eigenvalue weighted by Gasteiger charge is -2.41. The Labute approximate surface area is 263 Å². The van der Waals surface area contributed by atoms with E-state index >= 15 is 0 Å². The molecule has 3 N–H and O–H groups in total. The maximum atomic E-state index is 13.8. The third-order valence-corrected chi connectivity index (χ3v) is 9.68. The number of benzene rings is 1. The van der Waals surface area contributed by atoms with Crippen LogP contribution in [0.15, 0.2) is 42.6 Å². The van der Waals surface area contributed by atoms with E-state index < -0.39 is 11.6 Å². The Morgan fingerprint density at radius 3 is 2.50 bits per heavy atom. The van der Waals surface area contributed by atoms with Crippen LogP contribution in [-0.2, 0) is 21.5 Å². The van der Waals surface area contributed by atoms with Crippen LogP contribution in [0.4, 0.5) is 16.2 Å².